The molecule has 0 saturated heterocycles. The lowest BCUT2D eigenvalue weighted by Gasteiger charge is -2.25. The molecule has 0 saturated carbocycles. The molecule has 0 heterocycles. The van der Waals surface area contributed by atoms with Gasteiger partial charge in [0.05, 0.1) is 18.9 Å². The fourth-order valence-electron chi connectivity index (χ4n) is 2.66. The summed E-state index contributed by atoms with van der Waals surface area (Å²) in [6.07, 6.45) is 0.959. The van der Waals surface area contributed by atoms with E-state index in [0.717, 1.165) is 17.4 Å². The molecule has 0 aliphatic carbocycles. The molecule has 0 aliphatic heterocycles. The predicted molar refractivity (Wildman–Crippen MR) is 104 cm³/mol. The third-order valence-corrected chi connectivity index (χ3v) is 4.68. The van der Waals surface area contributed by atoms with Crippen molar-refractivity contribution in [1.82, 2.24) is 5.32 Å². The second-order valence-corrected chi connectivity index (χ2v) is 8.03. The second-order valence-electron chi connectivity index (χ2n) is 6.39. The van der Waals surface area contributed by atoms with Crippen molar-refractivity contribution in [3.05, 3.63) is 71.8 Å². The summed E-state index contributed by atoms with van der Waals surface area (Å²) in [4.78, 5) is 12.3. The van der Waals surface area contributed by atoms with E-state index in [0.29, 0.717) is 6.42 Å². The van der Waals surface area contributed by atoms with Crippen LogP contribution in [0.3, 0.4) is 0 Å². The highest BCUT2D eigenvalue weighted by atomic mass is 32.2. The van der Waals surface area contributed by atoms with Gasteiger partial charge in [-0.3, -0.25) is 4.18 Å². The molecule has 1 N–H and O–H groups in total. The van der Waals surface area contributed by atoms with Gasteiger partial charge in [-0.2, -0.15) is 8.42 Å². The number of hydrogen-bond donors (Lipinski definition) is 1. The van der Waals surface area contributed by atoms with Gasteiger partial charge < -0.3 is 10.1 Å². The monoisotopic (exact) mass is 391 g/mol. The summed E-state index contributed by atoms with van der Waals surface area (Å²) in [6, 6.07) is 18.6. The van der Waals surface area contributed by atoms with E-state index in [1.54, 1.807) is 0 Å². The standard InChI is InChI=1S/C20H25NO5S/c1-16(13-14-26-27(2,23)24)19(18-11-7-4-8-12-18)21-20(22)25-15-17-9-5-3-6-10-17/h3-12,16,19H,13-15H2,1-2H3,(H,21,22)/t16-,19+/m1/s1. The number of ether oxygens (including phenoxy) is 1. The summed E-state index contributed by atoms with van der Waals surface area (Å²) >= 11 is 0. The molecule has 0 spiro atoms. The first kappa shape index (κ1) is 20.9. The molecular formula is C20H25NO5S. The Bertz CT molecular complexity index is 809. The normalized spacial score (nSPS) is 13.6. The summed E-state index contributed by atoms with van der Waals surface area (Å²) < 4.78 is 32.4. The fraction of sp³-hybridized carbons (Fsp3) is 0.350. The molecule has 6 nitrogen and oxygen atoms in total. The van der Waals surface area contributed by atoms with E-state index < -0.39 is 16.2 Å². The minimum Gasteiger partial charge on any atom is -0.445 e. The maximum Gasteiger partial charge on any atom is 0.407 e. The third kappa shape index (κ3) is 7.80. The highest BCUT2D eigenvalue weighted by Crippen LogP contribution is 2.25. The zero-order chi connectivity index (χ0) is 19.7. The number of benzene rings is 2. The van der Waals surface area contributed by atoms with E-state index in [1.807, 2.05) is 67.6 Å². The minimum absolute atomic E-state index is 0.0570. The van der Waals surface area contributed by atoms with Gasteiger partial charge >= 0.3 is 6.09 Å². The van der Waals surface area contributed by atoms with Crippen LogP contribution < -0.4 is 5.32 Å². The van der Waals surface area contributed by atoms with Gasteiger partial charge in [-0.1, -0.05) is 67.6 Å². The fourth-order valence-corrected chi connectivity index (χ4v) is 3.06. The van der Waals surface area contributed by atoms with Gasteiger partial charge in [0.25, 0.3) is 10.1 Å². The van der Waals surface area contributed by atoms with Gasteiger partial charge in [-0.05, 0) is 23.5 Å². The zero-order valence-electron chi connectivity index (χ0n) is 15.5. The van der Waals surface area contributed by atoms with E-state index in [4.69, 9.17) is 8.92 Å². The first-order chi connectivity index (χ1) is 12.8. The Morgan fingerprint density at radius 1 is 1.04 bits per heavy atom. The van der Waals surface area contributed by atoms with Crippen molar-refractivity contribution in [3.8, 4) is 0 Å². The molecule has 2 aromatic carbocycles. The molecule has 2 atom stereocenters. The van der Waals surface area contributed by atoms with Gasteiger partial charge in [0.2, 0.25) is 0 Å². The molecule has 0 radical (unpaired) electrons. The summed E-state index contributed by atoms with van der Waals surface area (Å²) in [5.74, 6) is -0.0570. The number of carbonyl (C=O) groups excluding carboxylic acids is 1. The summed E-state index contributed by atoms with van der Waals surface area (Å²) in [5.41, 5.74) is 1.82. The van der Waals surface area contributed by atoms with E-state index in [9.17, 15) is 13.2 Å². The van der Waals surface area contributed by atoms with Gasteiger partial charge in [-0.15, -0.1) is 0 Å². The lowest BCUT2D eigenvalue weighted by molar-refractivity contribution is 0.130. The van der Waals surface area contributed by atoms with E-state index >= 15 is 0 Å². The van der Waals surface area contributed by atoms with Gasteiger partial charge in [0.1, 0.15) is 6.61 Å². The van der Waals surface area contributed by atoms with Crippen molar-refractivity contribution in [3.63, 3.8) is 0 Å². The topological polar surface area (TPSA) is 81.7 Å². The minimum atomic E-state index is -3.48. The van der Waals surface area contributed by atoms with Crippen LogP contribution in [-0.4, -0.2) is 27.4 Å². The molecule has 0 aromatic heterocycles. The quantitative estimate of drug-likeness (QED) is 0.660. The average Bonchev–Trinajstić information content (AvgIpc) is 2.65. The third-order valence-electron chi connectivity index (χ3n) is 4.08. The van der Waals surface area contributed by atoms with Crippen molar-refractivity contribution >= 4 is 16.2 Å². The molecule has 2 aromatic rings. The van der Waals surface area contributed by atoms with Crippen molar-refractivity contribution in [2.75, 3.05) is 12.9 Å². The van der Waals surface area contributed by atoms with Crippen molar-refractivity contribution in [2.45, 2.75) is 26.0 Å². The number of hydrogen-bond acceptors (Lipinski definition) is 5. The Labute approximate surface area is 160 Å². The molecule has 7 heteroatoms. The van der Waals surface area contributed by atoms with E-state index in [-0.39, 0.29) is 25.2 Å². The number of rotatable bonds is 9. The van der Waals surface area contributed by atoms with Gasteiger partial charge in [-0.25, -0.2) is 4.79 Å². The number of alkyl carbamates (subject to hydrolysis) is 1. The molecule has 0 aliphatic rings. The highest BCUT2D eigenvalue weighted by molar-refractivity contribution is 7.85. The van der Waals surface area contributed by atoms with Crippen LogP contribution in [0.5, 0.6) is 0 Å². The van der Waals surface area contributed by atoms with Crippen LogP contribution in [0.4, 0.5) is 4.79 Å². The number of carbonyl (C=O) groups is 1. The zero-order valence-corrected chi connectivity index (χ0v) is 16.3. The van der Waals surface area contributed by atoms with Crippen LogP contribution in [0, 0.1) is 5.92 Å². The lowest BCUT2D eigenvalue weighted by atomic mass is 9.92. The summed E-state index contributed by atoms with van der Waals surface area (Å²) in [6.45, 7) is 2.17. The maximum absolute atomic E-state index is 12.3. The Balaban J connectivity index is 1.98. The second kappa shape index (κ2) is 10.1. The van der Waals surface area contributed by atoms with Crippen molar-refractivity contribution in [2.24, 2.45) is 5.92 Å². The number of nitrogens with one attached hydrogen (secondary N) is 1. The molecule has 27 heavy (non-hydrogen) atoms. The van der Waals surface area contributed by atoms with Crippen LogP contribution in [0.15, 0.2) is 60.7 Å². The lowest BCUT2D eigenvalue weighted by Crippen LogP contribution is -2.33. The molecule has 0 unspecified atom stereocenters. The summed E-state index contributed by atoms with van der Waals surface area (Å²) in [7, 11) is -3.48. The smallest absolute Gasteiger partial charge is 0.407 e. The highest BCUT2D eigenvalue weighted by Gasteiger charge is 2.22. The largest absolute Gasteiger partial charge is 0.445 e. The maximum atomic E-state index is 12.3. The summed E-state index contributed by atoms with van der Waals surface area (Å²) in [5, 5.41) is 2.88. The Hall–Kier alpha value is -2.38. The van der Waals surface area contributed by atoms with E-state index in [1.165, 1.54) is 0 Å². The van der Waals surface area contributed by atoms with Crippen LogP contribution in [0.25, 0.3) is 0 Å². The SMILES string of the molecule is C[C@H](CCOS(C)(=O)=O)[C@H](NC(=O)OCc1ccccc1)c1ccccc1. The van der Waals surface area contributed by atoms with Crippen LogP contribution >= 0.6 is 0 Å². The molecule has 0 bridgehead atoms. The Morgan fingerprint density at radius 3 is 2.22 bits per heavy atom. The predicted octanol–water partition coefficient (Wildman–Crippen LogP) is 3.66. The van der Waals surface area contributed by atoms with Gasteiger partial charge in [0.15, 0.2) is 0 Å². The van der Waals surface area contributed by atoms with E-state index in [2.05, 4.69) is 5.32 Å². The van der Waals surface area contributed by atoms with Crippen LogP contribution in [0.2, 0.25) is 0 Å². The molecule has 146 valence electrons. The first-order valence-electron chi connectivity index (χ1n) is 8.72. The van der Waals surface area contributed by atoms with Crippen molar-refractivity contribution < 1.29 is 22.1 Å². The molecule has 2 rings (SSSR count). The van der Waals surface area contributed by atoms with Crippen LogP contribution in [0.1, 0.15) is 30.5 Å². The van der Waals surface area contributed by atoms with Crippen LogP contribution in [-0.2, 0) is 25.6 Å². The molecular weight excluding hydrogens is 366 g/mol. The average molecular weight is 391 g/mol. The first-order valence-corrected chi connectivity index (χ1v) is 10.5. The molecule has 0 fully saturated rings. The van der Waals surface area contributed by atoms with Crippen molar-refractivity contribution in [1.29, 1.82) is 0 Å². The Morgan fingerprint density at radius 2 is 1.63 bits per heavy atom. The Kier molecular flexibility index (Phi) is 7.82. The molecule has 1 amide bonds. The number of amides is 1. The van der Waals surface area contributed by atoms with Gasteiger partial charge in [0, 0.05) is 0 Å².